The number of carboxylic acid groups (broad SMARTS) is 1. The van der Waals surface area contributed by atoms with Gasteiger partial charge in [0.25, 0.3) is 0 Å². The predicted octanol–water partition coefficient (Wildman–Crippen LogP) is 5.73. The van der Waals surface area contributed by atoms with Gasteiger partial charge in [-0.1, -0.05) is 35.9 Å². The summed E-state index contributed by atoms with van der Waals surface area (Å²) >= 11 is 1.63. The number of rotatable bonds is 4. The van der Waals surface area contributed by atoms with Crippen LogP contribution >= 0.6 is 11.3 Å². The van der Waals surface area contributed by atoms with Gasteiger partial charge in [0.15, 0.2) is 0 Å². The number of benzene rings is 2. The highest BCUT2D eigenvalue weighted by Crippen LogP contribution is 2.41. The van der Waals surface area contributed by atoms with E-state index in [0.29, 0.717) is 5.82 Å². The Morgan fingerprint density at radius 3 is 2.50 bits per heavy atom. The molecule has 0 unspecified atom stereocenters. The smallest absolute Gasteiger partial charge is 0.335 e. The van der Waals surface area contributed by atoms with Gasteiger partial charge < -0.3 is 10.4 Å². The Morgan fingerprint density at radius 1 is 1.04 bits per heavy atom. The Kier molecular flexibility index (Phi) is 4.57. The Labute approximate surface area is 166 Å². The van der Waals surface area contributed by atoms with Gasteiger partial charge in [-0.25, -0.2) is 14.8 Å². The van der Waals surface area contributed by atoms with E-state index in [2.05, 4.69) is 53.4 Å². The molecule has 2 aromatic heterocycles. The summed E-state index contributed by atoms with van der Waals surface area (Å²) in [6, 6.07) is 13.4. The fraction of sp³-hybridized carbons (Fsp3) is 0.136. The molecule has 0 saturated heterocycles. The lowest BCUT2D eigenvalue weighted by atomic mass is 10.0. The number of aryl methyl sites for hydroxylation is 3. The molecule has 0 aliphatic rings. The van der Waals surface area contributed by atoms with Crippen LogP contribution in [0, 0.1) is 20.8 Å². The second kappa shape index (κ2) is 7.05. The SMILES string of the molecule is Cc1ccc(-c2c(C)sc3ncnc(Nc4cc(C(=O)O)ccc4C)c23)cc1. The van der Waals surface area contributed by atoms with Crippen molar-refractivity contribution in [1.29, 1.82) is 0 Å². The number of carboxylic acids is 1. The molecule has 0 atom stereocenters. The maximum absolute atomic E-state index is 11.3. The molecule has 2 heterocycles. The topological polar surface area (TPSA) is 75.1 Å². The Morgan fingerprint density at radius 2 is 1.79 bits per heavy atom. The number of aromatic carboxylic acids is 1. The minimum atomic E-state index is -0.956. The Balaban J connectivity index is 1.88. The normalized spacial score (nSPS) is 11.0. The predicted molar refractivity (Wildman–Crippen MR) is 114 cm³/mol. The van der Waals surface area contributed by atoms with Gasteiger partial charge in [0.1, 0.15) is 17.0 Å². The summed E-state index contributed by atoms with van der Waals surface area (Å²) < 4.78 is 0. The molecule has 6 heteroatoms. The van der Waals surface area contributed by atoms with Gasteiger partial charge in [0.2, 0.25) is 0 Å². The van der Waals surface area contributed by atoms with Crippen LogP contribution in [-0.2, 0) is 0 Å². The molecule has 4 rings (SSSR count). The number of hydrogen-bond donors (Lipinski definition) is 2. The second-order valence-corrected chi connectivity index (χ2v) is 7.96. The van der Waals surface area contributed by atoms with Crippen LogP contribution in [0.5, 0.6) is 0 Å². The van der Waals surface area contributed by atoms with Crippen molar-refractivity contribution >= 4 is 39.0 Å². The van der Waals surface area contributed by atoms with Gasteiger partial charge in [-0.2, -0.15) is 0 Å². The highest BCUT2D eigenvalue weighted by atomic mass is 32.1. The average Bonchev–Trinajstić information content (AvgIpc) is 3.01. The molecule has 2 N–H and O–H groups in total. The van der Waals surface area contributed by atoms with Crippen LogP contribution in [0.4, 0.5) is 11.5 Å². The lowest BCUT2D eigenvalue weighted by molar-refractivity contribution is 0.0697. The third kappa shape index (κ3) is 3.23. The fourth-order valence-electron chi connectivity index (χ4n) is 3.22. The Bertz CT molecular complexity index is 1200. The maximum Gasteiger partial charge on any atom is 0.335 e. The van der Waals surface area contributed by atoms with E-state index >= 15 is 0 Å². The van der Waals surface area contributed by atoms with Gasteiger partial charge >= 0.3 is 5.97 Å². The number of anilines is 2. The van der Waals surface area contributed by atoms with Crippen LogP contribution in [0.15, 0.2) is 48.8 Å². The number of fused-ring (bicyclic) bond motifs is 1. The van der Waals surface area contributed by atoms with Crippen LogP contribution in [0.1, 0.15) is 26.4 Å². The lowest BCUT2D eigenvalue weighted by Crippen LogP contribution is -2.01. The van der Waals surface area contributed by atoms with E-state index in [1.165, 1.54) is 16.8 Å². The summed E-state index contributed by atoms with van der Waals surface area (Å²) in [5.41, 5.74) is 5.33. The van der Waals surface area contributed by atoms with E-state index in [0.717, 1.165) is 32.6 Å². The first-order valence-electron chi connectivity index (χ1n) is 8.86. The van der Waals surface area contributed by atoms with Gasteiger partial charge in [0, 0.05) is 16.1 Å². The summed E-state index contributed by atoms with van der Waals surface area (Å²) in [7, 11) is 0. The van der Waals surface area contributed by atoms with Gasteiger partial charge in [-0.05, 0) is 44.0 Å². The molecule has 0 amide bonds. The molecule has 0 spiro atoms. The first-order valence-corrected chi connectivity index (χ1v) is 9.68. The van der Waals surface area contributed by atoms with E-state index in [1.54, 1.807) is 29.5 Å². The van der Waals surface area contributed by atoms with E-state index in [4.69, 9.17) is 0 Å². The first-order chi connectivity index (χ1) is 13.4. The summed E-state index contributed by atoms with van der Waals surface area (Å²) in [5, 5.41) is 13.6. The van der Waals surface area contributed by atoms with Crippen LogP contribution < -0.4 is 5.32 Å². The Hall–Kier alpha value is -3.25. The number of nitrogens with zero attached hydrogens (tertiary/aromatic N) is 2. The minimum absolute atomic E-state index is 0.235. The quantitative estimate of drug-likeness (QED) is 0.466. The van der Waals surface area contributed by atoms with E-state index in [1.807, 2.05) is 6.92 Å². The van der Waals surface area contributed by atoms with Crippen molar-refractivity contribution < 1.29 is 9.90 Å². The van der Waals surface area contributed by atoms with Crippen molar-refractivity contribution in [3.05, 3.63) is 70.4 Å². The average molecular weight is 389 g/mol. The van der Waals surface area contributed by atoms with E-state index in [9.17, 15) is 9.90 Å². The highest BCUT2D eigenvalue weighted by molar-refractivity contribution is 7.19. The van der Waals surface area contributed by atoms with Crippen molar-refractivity contribution in [2.75, 3.05) is 5.32 Å². The first kappa shape index (κ1) is 18.1. The third-order valence-electron chi connectivity index (χ3n) is 4.74. The van der Waals surface area contributed by atoms with Crippen molar-refractivity contribution in [2.24, 2.45) is 0 Å². The zero-order chi connectivity index (χ0) is 19.8. The summed E-state index contributed by atoms with van der Waals surface area (Å²) in [6.45, 7) is 6.09. The molecular formula is C22H19N3O2S. The number of aromatic nitrogens is 2. The zero-order valence-electron chi connectivity index (χ0n) is 15.8. The monoisotopic (exact) mass is 389 g/mol. The van der Waals surface area contributed by atoms with Crippen LogP contribution in [0.2, 0.25) is 0 Å². The van der Waals surface area contributed by atoms with Crippen LogP contribution in [0.25, 0.3) is 21.3 Å². The molecule has 5 nitrogen and oxygen atoms in total. The molecule has 0 aliphatic heterocycles. The van der Waals surface area contributed by atoms with Gasteiger partial charge in [-0.15, -0.1) is 11.3 Å². The standard InChI is InChI=1S/C22H19N3O2S/c1-12-4-7-15(8-5-12)18-14(3)28-21-19(18)20(23-11-24-21)25-17-10-16(22(26)27)9-6-13(17)2/h4-11H,1-3H3,(H,26,27)(H,23,24,25). The molecule has 0 bridgehead atoms. The third-order valence-corrected chi connectivity index (χ3v) is 5.76. The summed E-state index contributed by atoms with van der Waals surface area (Å²) in [5.74, 6) is -0.279. The van der Waals surface area contributed by atoms with Crippen molar-refractivity contribution in [2.45, 2.75) is 20.8 Å². The maximum atomic E-state index is 11.3. The fourth-order valence-corrected chi connectivity index (χ4v) is 4.24. The molecule has 0 saturated carbocycles. The zero-order valence-corrected chi connectivity index (χ0v) is 16.6. The van der Waals surface area contributed by atoms with Gasteiger partial charge in [0.05, 0.1) is 10.9 Å². The highest BCUT2D eigenvalue weighted by Gasteiger charge is 2.17. The molecular weight excluding hydrogens is 370 g/mol. The van der Waals surface area contributed by atoms with Gasteiger partial charge in [-0.3, -0.25) is 0 Å². The second-order valence-electron chi connectivity index (χ2n) is 6.76. The van der Waals surface area contributed by atoms with Crippen LogP contribution in [0.3, 0.4) is 0 Å². The molecule has 0 radical (unpaired) electrons. The number of nitrogens with one attached hydrogen (secondary N) is 1. The molecule has 0 aliphatic carbocycles. The van der Waals surface area contributed by atoms with Crippen LogP contribution in [-0.4, -0.2) is 21.0 Å². The molecule has 4 aromatic rings. The summed E-state index contributed by atoms with van der Waals surface area (Å²) in [6.07, 6.45) is 1.54. The molecule has 0 fully saturated rings. The van der Waals surface area contributed by atoms with E-state index < -0.39 is 5.97 Å². The minimum Gasteiger partial charge on any atom is -0.478 e. The molecule has 140 valence electrons. The van der Waals surface area contributed by atoms with Crippen molar-refractivity contribution in [3.63, 3.8) is 0 Å². The molecule has 28 heavy (non-hydrogen) atoms. The van der Waals surface area contributed by atoms with E-state index in [-0.39, 0.29) is 5.56 Å². The van der Waals surface area contributed by atoms with Crippen molar-refractivity contribution in [3.8, 4) is 11.1 Å². The largest absolute Gasteiger partial charge is 0.478 e. The van der Waals surface area contributed by atoms with Crippen molar-refractivity contribution in [1.82, 2.24) is 9.97 Å². The summed E-state index contributed by atoms with van der Waals surface area (Å²) in [4.78, 5) is 22.3. The number of thiophene rings is 1. The molecule has 2 aromatic carbocycles. The number of carbonyl (C=O) groups is 1. The number of hydrogen-bond acceptors (Lipinski definition) is 5. The lowest BCUT2D eigenvalue weighted by Gasteiger charge is -2.12.